The minimum atomic E-state index is -0.148. The summed E-state index contributed by atoms with van der Waals surface area (Å²) in [5.41, 5.74) is 2.96. The normalized spacial score (nSPS) is 21.2. The molecule has 0 spiro atoms. The number of nitrogens with one attached hydrogen (secondary N) is 1. The molecule has 0 aromatic heterocycles. The predicted octanol–water partition coefficient (Wildman–Crippen LogP) is 3.01. The zero-order valence-electron chi connectivity index (χ0n) is 13.6. The number of carbonyl (C=O) groups is 2. The summed E-state index contributed by atoms with van der Waals surface area (Å²) in [5.74, 6) is -0.127. The van der Waals surface area contributed by atoms with Crippen molar-refractivity contribution in [3.05, 3.63) is 34.9 Å². The largest absolute Gasteiger partial charge is 0.469 e. The summed E-state index contributed by atoms with van der Waals surface area (Å²) in [4.78, 5) is 24.1. The first-order chi connectivity index (χ1) is 10.5. The van der Waals surface area contributed by atoms with Crippen molar-refractivity contribution in [3.63, 3.8) is 0 Å². The second-order valence-electron chi connectivity index (χ2n) is 6.18. The average Bonchev–Trinajstić information content (AvgIpc) is 2.54. The van der Waals surface area contributed by atoms with Gasteiger partial charge in [-0.1, -0.05) is 18.9 Å². The van der Waals surface area contributed by atoms with Gasteiger partial charge >= 0.3 is 5.97 Å². The van der Waals surface area contributed by atoms with Gasteiger partial charge in [0, 0.05) is 12.1 Å². The van der Waals surface area contributed by atoms with E-state index in [9.17, 15) is 9.59 Å². The van der Waals surface area contributed by atoms with Crippen LogP contribution in [0.1, 0.15) is 47.2 Å². The Morgan fingerprint density at radius 1 is 1.18 bits per heavy atom. The highest BCUT2D eigenvalue weighted by Gasteiger charge is 2.31. The summed E-state index contributed by atoms with van der Waals surface area (Å²) < 4.78 is 4.89. The molecule has 0 radical (unpaired) electrons. The van der Waals surface area contributed by atoms with E-state index in [1.165, 1.54) is 12.7 Å². The fourth-order valence-corrected chi connectivity index (χ4v) is 3.12. The van der Waals surface area contributed by atoms with Crippen molar-refractivity contribution in [2.45, 2.75) is 39.5 Å². The monoisotopic (exact) mass is 303 g/mol. The molecule has 22 heavy (non-hydrogen) atoms. The summed E-state index contributed by atoms with van der Waals surface area (Å²) in [5, 5.41) is 2.98. The molecule has 2 unspecified atom stereocenters. The number of carbonyl (C=O) groups excluding carboxylic acids is 2. The lowest BCUT2D eigenvalue weighted by atomic mass is 9.79. The van der Waals surface area contributed by atoms with E-state index < -0.39 is 0 Å². The second-order valence-corrected chi connectivity index (χ2v) is 6.18. The van der Waals surface area contributed by atoms with Gasteiger partial charge in [0.05, 0.1) is 13.0 Å². The fourth-order valence-electron chi connectivity index (χ4n) is 3.12. The maximum atomic E-state index is 12.3. The Labute approximate surface area is 132 Å². The number of methoxy groups -OCH3 is 1. The Hall–Kier alpha value is -1.84. The topological polar surface area (TPSA) is 55.4 Å². The van der Waals surface area contributed by atoms with Crippen molar-refractivity contribution in [1.29, 1.82) is 0 Å². The van der Waals surface area contributed by atoms with E-state index in [0.717, 1.165) is 31.2 Å². The Morgan fingerprint density at radius 3 is 2.59 bits per heavy atom. The molecular formula is C18H25NO3. The van der Waals surface area contributed by atoms with Gasteiger partial charge in [-0.05, 0) is 55.9 Å². The molecule has 0 aliphatic heterocycles. The molecule has 1 aliphatic rings. The lowest BCUT2D eigenvalue weighted by molar-refractivity contribution is -0.148. The van der Waals surface area contributed by atoms with Crippen molar-refractivity contribution in [2.24, 2.45) is 11.8 Å². The first-order valence-electron chi connectivity index (χ1n) is 7.96. The van der Waals surface area contributed by atoms with Crippen LogP contribution in [0.5, 0.6) is 0 Å². The van der Waals surface area contributed by atoms with Crippen LogP contribution in [0.25, 0.3) is 0 Å². The van der Waals surface area contributed by atoms with Crippen LogP contribution in [0.3, 0.4) is 0 Å². The van der Waals surface area contributed by atoms with E-state index >= 15 is 0 Å². The maximum absolute atomic E-state index is 12.3. The molecule has 1 fully saturated rings. The number of hydrogen-bond donors (Lipinski definition) is 1. The zero-order chi connectivity index (χ0) is 16.1. The first-order valence-corrected chi connectivity index (χ1v) is 7.96. The maximum Gasteiger partial charge on any atom is 0.309 e. The summed E-state index contributed by atoms with van der Waals surface area (Å²) in [6, 6.07) is 5.71. The van der Waals surface area contributed by atoms with Gasteiger partial charge < -0.3 is 10.1 Å². The molecule has 2 atom stereocenters. The molecule has 1 aromatic carbocycles. The van der Waals surface area contributed by atoms with E-state index in [1.807, 2.05) is 32.0 Å². The van der Waals surface area contributed by atoms with Crippen LogP contribution in [0.15, 0.2) is 18.2 Å². The van der Waals surface area contributed by atoms with Gasteiger partial charge in [0.25, 0.3) is 5.91 Å². The second kappa shape index (κ2) is 7.43. The van der Waals surface area contributed by atoms with E-state index in [4.69, 9.17) is 4.74 Å². The van der Waals surface area contributed by atoms with Gasteiger partial charge in [-0.2, -0.15) is 0 Å². The summed E-state index contributed by atoms with van der Waals surface area (Å²) in [6.45, 7) is 4.56. The van der Waals surface area contributed by atoms with Gasteiger partial charge in [0.2, 0.25) is 0 Å². The van der Waals surface area contributed by atoms with Crippen molar-refractivity contribution >= 4 is 11.9 Å². The molecule has 120 valence electrons. The van der Waals surface area contributed by atoms with Crippen LogP contribution in [-0.4, -0.2) is 25.5 Å². The van der Waals surface area contributed by atoms with Crippen LogP contribution in [0.4, 0.5) is 0 Å². The predicted molar refractivity (Wildman–Crippen MR) is 85.7 cm³/mol. The number of esters is 1. The number of rotatable bonds is 4. The third kappa shape index (κ3) is 3.87. The van der Waals surface area contributed by atoms with Crippen molar-refractivity contribution < 1.29 is 14.3 Å². The first kappa shape index (κ1) is 16.5. The molecule has 1 aromatic rings. The summed E-state index contributed by atoms with van der Waals surface area (Å²) in [6.07, 6.45) is 3.99. The quantitative estimate of drug-likeness (QED) is 0.870. The lowest BCUT2D eigenvalue weighted by Crippen LogP contribution is -2.37. The highest BCUT2D eigenvalue weighted by Crippen LogP contribution is 2.30. The van der Waals surface area contributed by atoms with Gasteiger partial charge in [0.15, 0.2) is 0 Å². The van der Waals surface area contributed by atoms with Crippen LogP contribution < -0.4 is 5.32 Å². The van der Waals surface area contributed by atoms with Crippen LogP contribution in [0.2, 0.25) is 0 Å². The van der Waals surface area contributed by atoms with Gasteiger partial charge in [-0.3, -0.25) is 9.59 Å². The van der Waals surface area contributed by atoms with Crippen LogP contribution >= 0.6 is 0 Å². The molecular weight excluding hydrogens is 278 g/mol. The van der Waals surface area contributed by atoms with Crippen LogP contribution in [-0.2, 0) is 9.53 Å². The molecule has 1 amide bonds. The Morgan fingerprint density at radius 2 is 1.91 bits per heavy atom. The molecule has 1 saturated carbocycles. The molecule has 2 rings (SSSR count). The average molecular weight is 303 g/mol. The summed E-state index contributed by atoms with van der Waals surface area (Å²) >= 11 is 0. The van der Waals surface area contributed by atoms with E-state index in [2.05, 4.69) is 5.32 Å². The highest BCUT2D eigenvalue weighted by molar-refractivity contribution is 5.94. The number of ether oxygens (including phenoxy) is 1. The Balaban J connectivity index is 1.96. The molecule has 1 N–H and O–H groups in total. The van der Waals surface area contributed by atoms with Gasteiger partial charge in [-0.15, -0.1) is 0 Å². The molecule has 0 bridgehead atoms. The molecule has 1 aliphatic carbocycles. The van der Waals surface area contributed by atoms with E-state index in [1.54, 1.807) is 0 Å². The zero-order valence-corrected chi connectivity index (χ0v) is 13.6. The van der Waals surface area contributed by atoms with E-state index in [0.29, 0.717) is 12.1 Å². The standard InChI is InChI=1S/C18H25NO3/c1-12-8-9-14(10-13(12)2)17(20)19-11-15-6-4-5-7-16(15)18(21)22-3/h8-10,15-16H,4-7,11H2,1-3H3,(H,19,20). The Bertz CT molecular complexity index is 553. The highest BCUT2D eigenvalue weighted by atomic mass is 16.5. The number of amides is 1. The number of hydrogen-bond acceptors (Lipinski definition) is 3. The number of aryl methyl sites for hydroxylation is 2. The molecule has 4 heteroatoms. The minimum absolute atomic E-state index is 0.0720. The van der Waals surface area contributed by atoms with Crippen LogP contribution in [0, 0.1) is 25.7 Å². The molecule has 4 nitrogen and oxygen atoms in total. The van der Waals surface area contributed by atoms with Crippen molar-refractivity contribution in [2.75, 3.05) is 13.7 Å². The molecule has 0 saturated heterocycles. The third-order valence-corrected chi connectivity index (χ3v) is 4.71. The summed E-state index contributed by atoms with van der Waals surface area (Å²) in [7, 11) is 1.43. The SMILES string of the molecule is COC(=O)C1CCCCC1CNC(=O)c1ccc(C)c(C)c1. The third-order valence-electron chi connectivity index (χ3n) is 4.71. The lowest BCUT2D eigenvalue weighted by Gasteiger charge is -2.29. The Kier molecular flexibility index (Phi) is 5.58. The van der Waals surface area contributed by atoms with E-state index in [-0.39, 0.29) is 23.7 Å². The van der Waals surface area contributed by atoms with Gasteiger partial charge in [0.1, 0.15) is 0 Å². The smallest absolute Gasteiger partial charge is 0.309 e. The van der Waals surface area contributed by atoms with Crippen molar-refractivity contribution in [1.82, 2.24) is 5.32 Å². The van der Waals surface area contributed by atoms with Crippen molar-refractivity contribution in [3.8, 4) is 0 Å². The number of benzene rings is 1. The molecule has 0 heterocycles. The van der Waals surface area contributed by atoms with Gasteiger partial charge in [-0.25, -0.2) is 0 Å². The minimum Gasteiger partial charge on any atom is -0.469 e. The fraction of sp³-hybridized carbons (Fsp3) is 0.556.